The van der Waals surface area contributed by atoms with E-state index in [4.69, 9.17) is 8.92 Å². The molecule has 3 heterocycles. The Kier molecular flexibility index (Phi) is 6.68. The fraction of sp³-hybridized carbons (Fsp3) is 0.435. The number of pyridine rings is 1. The molecule has 0 spiro atoms. The first kappa shape index (κ1) is 22.6. The molecule has 1 fully saturated rings. The van der Waals surface area contributed by atoms with Gasteiger partial charge in [-0.25, -0.2) is 9.97 Å². The van der Waals surface area contributed by atoms with Crippen LogP contribution in [-0.4, -0.2) is 58.9 Å². The molecule has 1 saturated heterocycles. The lowest BCUT2D eigenvalue weighted by molar-refractivity contribution is -0.152. The number of anilines is 1. The van der Waals surface area contributed by atoms with Crippen LogP contribution in [0.1, 0.15) is 26.7 Å². The molecule has 1 aliphatic heterocycles. The quantitative estimate of drug-likeness (QED) is 0.482. The Morgan fingerprint density at radius 1 is 1.28 bits per heavy atom. The summed E-state index contributed by atoms with van der Waals surface area (Å²) in [5, 5.41) is 9.23. The highest BCUT2D eigenvalue weighted by Gasteiger charge is 2.30. The molecule has 0 radical (unpaired) electrons. The van der Waals surface area contributed by atoms with Crippen LogP contribution in [0.5, 0.6) is 0 Å². The van der Waals surface area contributed by atoms with Crippen molar-refractivity contribution in [2.24, 2.45) is 5.41 Å². The van der Waals surface area contributed by atoms with Gasteiger partial charge < -0.3 is 23.9 Å². The van der Waals surface area contributed by atoms with Crippen molar-refractivity contribution in [2.45, 2.75) is 37.7 Å². The van der Waals surface area contributed by atoms with E-state index in [1.54, 1.807) is 21.0 Å². The first-order valence-corrected chi connectivity index (χ1v) is 11.4. The standard InChI is InChI=1S/C23H28N4O4S/c1-23(2,22(28)29)14-31-16-8-10-27(11-9-16)20-7-4-15(13-24-20)21-25-18-6-5-17(32-30-3)12-19(18)26-21/h4-7,12-13,16H,8-11,14H2,1-3H3,(H,25,26)(H,28,29). The minimum atomic E-state index is -0.866. The molecule has 0 bridgehead atoms. The van der Waals surface area contributed by atoms with E-state index in [1.807, 2.05) is 36.5 Å². The van der Waals surface area contributed by atoms with Gasteiger partial charge in [-0.15, -0.1) is 0 Å². The molecule has 2 aromatic heterocycles. The highest BCUT2D eigenvalue weighted by atomic mass is 32.2. The van der Waals surface area contributed by atoms with Crippen molar-refractivity contribution in [3.05, 3.63) is 36.5 Å². The number of benzene rings is 1. The second kappa shape index (κ2) is 9.48. The van der Waals surface area contributed by atoms with Crippen molar-refractivity contribution in [3.8, 4) is 11.4 Å². The maximum atomic E-state index is 11.2. The van der Waals surface area contributed by atoms with E-state index in [9.17, 15) is 9.90 Å². The number of hydrogen-bond donors (Lipinski definition) is 2. The zero-order valence-corrected chi connectivity index (χ0v) is 19.3. The normalized spacial score (nSPS) is 15.4. The van der Waals surface area contributed by atoms with Crippen LogP contribution in [0.25, 0.3) is 22.4 Å². The molecule has 2 N–H and O–H groups in total. The predicted molar refractivity (Wildman–Crippen MR) is 125 cm³/mol. The Bertz CT molecular complexity index is 1080. The van der Waals surface area contributed by atoms with Crippen LogP contribution in [0.3, 0.4) is 0 Å². The molecule has 1 aromatic carbocycles. The second-order valence-electron chi connectivity index (χ2n) is 8.61. The predicted octanol–water partition coefficient (Wildman–Crippen LogP) is 4.37. The molecule has 8 nitrogen and oxygen atoms in total. The number of aromatic nitrogens is 3. The molecular formula is C23H28N4O4S. The van der Waals surface area contributed by atoms with Crippen LogP contribution < -0.4 is 4.90 Å². The summed E-state index contributed by atoms with van der Waals surface area (Å²) in [7, 11) is 1.65. The van der Waals surface area contributed by atoms with Gasteiger partial charge in [-0.2, -0.15) is 0 Å². The number of carboxylic acids is 1. The highest BCUT2D eigenvalue weighted by Crippen LogP contribution is 2.27. The first-order valence-electron chi connectivity index (χ1n) is 10.6. The lowest BCUT2D eigenvalue weighted by Crippen LogP contribution is -2.39. The fourth-order valence-electron chi connectivity index (χ4n) is 3.63. The van der Waals surface area contributed by atoms with Crippen molar-refractivity contribution < 1.29 is 18.8 Å². The molecule has 1 aliphatic rings. The number of hydrogen-bond acceptors (Lipinski definition) is 7. The highest BCUT2D eigenvalue weighted by molar-refractivity contribution is 7.94. The van der Waals surface area contributed by atoms with Crippen molar-refractivity contribution >= 4 is 34.9 Å². The monoisotopic (exact) mass is 456 g/mol. The molecule has 4 rings (SSSR count). The zero-order valence-electron chi connectivity index (χ0n) is 18.5. The number of carboxylic acid groups (broad SMARTS) is 1. The largest absolute Gasteiger partial charge is 0.481 e. The summed E-state index contributed by atoms with van der Waals surface area (Å²) in [4.78, 5) is 27.2. The van der Waals surface area contributed by atoms with E-state index in [0.29, 0.717) is 0 Å². The number of nitrogens with one attached hydrogen (secondary N) is 1. The first-order chi connectivity index (χ1) is 15.4. The molecule has 0 atom stereocenters. The third kappa shape index (κ3) is 5.06. The molecule has 0 saturated carbocycles. The van der Waals surface area contributed by atoms with Crippen molar-refractivity contribution in [1.82, 2.24) is 15.0 Å². The Labute approximate surface area is 191 Å². The molecule has 9 heteroatoms. The number of H-pyrrole nitrogens is 1. The number of ether oxygens (including phenoxy) is 1. The Morgan fingerprint density at radius 3 is 2.72 bits per heavy atom. The van der Waals surface area contributed by atoms with Crippen LogP contribution in [0.4, 0.5) is 5.82 Å². The molecule has 0 aliphatic carbocycles. The summed E-state index contributed by atoms with van der Waals surface area (Å²) in [5.74, 6) is 0.873. The van der Waals surface area contributed by atoms with Crippen molar-refractivity contribution in [3.63, 3.8) is 0 Å². The Hall–Kier alpha value is -2.62. The van der Waals surface area contributed by atoms with Gasteiger partial charge in [0.25, 0.3) is 0 Å². The fourth-order valence-corrected chi connectivity index (χ4v) is 4.11. The summed E-state index contributed by atoms with van der Waals surface area (Å²) in [6.45, 7) is 5.26. The number of carbonyl (C=O) groups is 1. The third-order valence-electron chi connectivity index (χ3n) is 5.68. The minimum Gasteiger partial charge on any atom is -0.481 e. The second-order valence-corrected chi connectivity index (χ2v) is 9.58. The van der Waals surface area contributed by atoms with Gasteiger partial charge in [-0.1, -0.05) is 0 Å². The zero-order chi connectivity index (χ0) is 22.7. The summed E-state index contributed by atoms with van der Waals surface area (Å²) in [6, 6.07) is 10.0. The van der Waals surface area contributed by atoms with E-state index >= 15 is 0 Å². The van der Waals surface area contributed by atoms with E-state index in [-0.39, 0.29) is 12.7 Å². The topological polar surface area (TPSA) is 101 Å². The number of nitrogens with zero attached hydrogens (tertiary/aromatic N) is 3. The number of rotatable bonds is 8. The van der Waals surface area contributed by atoms with Gasteiger partial charge in [0.1, 0.15) is 11.6 Å². The van der Waals surface area contributed by atoms with Gasteiger partial charge in [0.2, 0.25) is 0 Å². The third-order valence-corrected chi connectivity index (χ3v) is 6.29. The van der Waals surface area contributed by atoms with Gasteiger partial charge in [-0.05, 0) is 57.0 Å². The molecule has 3 aromatic rings. The van der Waals surface area contributed by atoms with Gasteiger partial charge in [-0.3, -0.25) is 4.79 Å². The number of aromatic amines is 1. The number of fused-ring (bicyclic) bond motifs is 1. The maximum absolute atomic E-state index is 11.2. The summed E-state index contributed by atoms with van der Waals surface area (Å²) < 4.78 is 11.0. The lowest BCUT2D eigenvalue weighted by atomic mass is 9.95. The molecule has 0 amide bonds. The molecule has 170 valence electrons. The average molecular weight is 457 g/mol. The van der Waals surface area contributed by atoms with Gasteiger partial charge in [0.15, 0.2) is 0 Å². The van der Waals surface area contributed by atoms with E-state index < -0.39 is 11.4 Å². The SMILES string of the molecule is COSc1ccc2nc(-c3ccc(N4CCC(OCC(C)(C)C(=O)O)CC4)nc3)[nH]c2c1. The van der Waals surface area contributed by atoms with Crippen LogP contribution in [0.15, 0.2) is 41.4 Å². The summed E-state index contributed by atoms with van der Waals surface area (Å²) in [6.07, 6.45) is 3.63. The average Bonchev–Trinajstić information content (AvgIpc) is 3.22. The van der Waals surface area contributed by atoms with Crippen LogP contribution in [0, 0.1) is 5.41 Å². The Morgan fingerprint density at radius 2 is 2.06 bits per heavy atom. The van der Waals surface area contributed by atoms with Gasteiger partial charge >= 0.3 is 5.97 Å². The van der Waals surface area contributed by atoms with Crippen molar-refractivity contribution in [2.75, 3.05) is 31.7 Å². The maximum Gasteiger partial charge on any atom is 0.311 e. The van der Waals surface area contributed by atoms with Gasteiger partial charge in [0.05, 0.1) is 36.3 Å². The lowest BCUT2D eigenvalue weighted by Gasteiger charge is -2.34. The minimum absolute atomic E-state index is 0.0841. The molecule has 32 heavy (non-hydrogen) atoms. The van der Waals surface area contributed by atoms with Crippen LogP contribution >= 0.6 is 12.0 Å². The van der Waals surface area contributed by atoms with E-state index in [1.165, 1.54) is 12.0 Å². The smallest absolute Gasteiger partial charge is 0.311 e. The van der Waals surface area contributed by atoms with E-state index in [2.05, 4.69) is 19.9 Å². The van der Waals surface area contributed by atoms with Crippen molar-refractivity contribution in [1.29, 1.82) is 0 Å². The molecular weight excluding hydrogens is 428 g/mol. The summed E-state index contributed by atoms with van der Waals surface area (Å²) in [5.41, 5.74) is 1.92. The van der Waals surface area contributed by atoms with Crippen LogP contribution in [-0.2, 0) is 13.7 Å². The Balaban J connectivity index is 1.36. The number of aliphatic carboxylic acids is 1. The van der Waals surface area contributed by atoms with Gasteiger partial charge in [0, 0.05) is 41.8 Å². The number of piperidine rings is 1. The molecule has 0 unspecified atom stereocenters. The van der Waals surface area contributed by atoms with Crippen LogP contribution in [0.2, 0.25) is 0 Å². The van der Waals surface area contributed by atoms with E-state index in [0.717, 1.165) is 59.1 Å². The number of imidazole rings is 1. The summed E-state index contributed by atoms with van der Waals surface area (Å²) >= 11 is 1.32.